The quantitative estimate of drug-likeness (QED) is 0.861. The molecule has 2 amide bonds. The molecule has 1 saturated heterocycles. The first-order valence-corrected chi connectivity index (χ1v) is 9.60. The minimum atomic E-state index is -0.542. The second kappa shape index (κ2) is 8.60. The van der Waals surface area contributed by atoms with Crippen molar-refractivity contribution in [3.63, 3.8) is 0 Å². The van der Waals surface area contributed by atoms with Crippen LogP contribution >= 0.6 is 11.8 Å². The Bertz CT molecular complexity index is 877. The summed E-state index contributed by atoms with van der Waals surface area (Å²) >= 11 is 1.53. The third-order valence-corrected chi connectivity index (χ3v) is 5.15. The van der Waals surface area contributed by atoms with Crippen LogP contribution < -0.4 is 10.1 Å². The van der Waals surface area contributed by atoms with Crippen molar-refractivity contribution < 1.29 is 14.3 Å². The number of amides is 2. The third-order valence-electron chi connectivity index (χ3n) is 4.14. The zero-order chi connectivity index (χ0) is 19.2. The Kier molecular flexibility index (Phi) is 5.99. The molecule has 0 aliphatic carbocycles. The summed E-state index contributed by atoms with van der Waals surface area (Å²) in [5.74, 6) is 1.17. The minimum Gasteiger partial charge on any atom is -0.484 e. The molecule has 0 aromatic heterocycles. The van der Waals surface area contributed by atoms with Crippen LogP contribution in [-0.4, -0.2) is 41.0 Å². The lowest BCUT2D eigenvalue weighted by atomic mass is 10.2. The number of carbonyl (C=O) groups excluding carboxylic acids is 2. The van der Waals surface area contributed by atoms with E-state index in [2.05, 4.69) is 5.32 Å². The van der Waals surface area contributed by atoms with E-state index in [1.807, 2.05) is 31.2 Å². The van der Waals surface area contributed by atoms with Gasteiger partial charge in [0.2, 0.25) is 5.91 Å². The molecule has 0 spiro atoms. The van der Waals surface area contributed by atoms with E-state index >= 15 is 0 Å². The molecular formula is C20H19N3O3S. The van der Waals surface area contributed by atoms with Crippen molar-refractivity contribution in [1.29, 1.82) is 5.26 Å². The van der Waals surface area contributed by atoms with Crippen LogP contribution in [0, 0.1) is 18.3 Å². The van der Waals surface area contributed by atoms with Gasteiger partial charge in [0, 0.05) is 11.4 Å². The summed E-state index contributed by atoms with van der Waals surface area (Å²) in [7, 11) is 0. The van der Waals surface area contributed by atoms with Gasteiger partial charge in [-0.15, -0.1) is 11.8 Å². The first-order valence-electron chi connectivity index (χ1n) is 8.44. The minimum absolute atomic E-state index is 0.106. The highest BCUT2D eigenvalue weighted by atomic mass is 32.2. The summed E-state index contributed by atoms with van der Waals surface area (Å²) in [6.07, 6.45) is 0. The van der Waals surface area contributed by atoms with E-state index in [1.54, 1.807) is 35.2 Å². The molecule has 27 heavy (non-hydrogen) atoms. The number of aryl methyl sites for hydroxylation is 1. The first kappa shape index (κ1) is 18.8. The number of ether oxygens (including phenoxy) is 1. The molecular weight excluding hydrogens is 362 g/mol. The Morgan fingerprint density at radius 2 is 2.07 bits per heavy atom. The number of rotatable bonds is 5. The summed E-state index contributed by atoms with van der Waals surface area (Å²) in [6.45, 7) is 1.85. The molecule has 1 aliphatic rings. The van der Waals surface area contributed by atoms with Crippen molar-refractivity contribution in [2.24, 2.45) is 0 Å². The second-order valence-corrected chi connectivity index (χ2v) is 7.16. The standard InChI is InChI=1S/C20H19N3O3S/c1-14-3-2-4-17(9-14)26-11-19(24)23-13-27-12-18(23)20(25)22-16-7-5-15(10-21)6-8-16/h2-9,18H,11-13H2,1H3,(H,22,25). The number of thioether (sulfide) groups is 1. The van der Waals surface area contributed by atoms with E-state index in [0.29, 0.717) is 28.6 Å². The van der Waals surface area contributed by atoms with Gasteiger partial charge in [-0.05, 0) is 48.9 Å². The molecule has 1 unspecified atom stereocenters. The van der Waals surface area contributed by atoms with E-state index in [9.17, 15) is 9.59 Å². The number of anilines is 1. The van der Waals surface area contributed by atoms with Crippen LogP contribution in [0.2, 0.25) is 0 Å². The molecule has 7 heteroatoms. The van der Waals surface area contributed by atoms with Gasteiger partial charge >= 0.3 is 0 Å². The summed E-state index contributed by atoms with van der Waals surface area (Å²) in [5.41, 5.74) is 2.17. The van der Waals surface area contributed by atoms with Gasteiger partial charge in [-0.1, -0.05) is 12.1 Å². The van der Waals surface area contributed by atoms with Gasteiger partial charge in [-0.2, -0.15) is 5.26 Å². The Morgan fingerprint density at radius 1 is 1.30 bits per heavy atom. The van der Waals surface area contributed by atoms with Gasteiger partial charge in [0.05, 0.1) is 17.5 Å². The zero-order valence-electron chi connectivity index (χ0n) is 14.8. The fraction of sp³-hybridized carbons (Fsp3) is 0.250. The van der Waals surface area contributed by atoms with Crippen molar-refractivity contribution >= 4 is 29.3 Å². The lowest BCUT2D eigenvalue weighted by molar-refractivity contribution is -0.137. The molecule has 0 bridgehead atoms. The van der Waals surface area contributed by atoms with Crippen LogP contribution in [0.25, 0.3) is 0 Å². The Hall–Kier alpha value is -2.98. The molecule has 0 saturated carbocycles. The highest BCUT2D eigenvalue weighted by Gasteiger charge is 2.34. The van der Waals surface area contributed by atoms with Gasteiger partial charge in [0.25, 0.3) is 5.91 Å². The molecule has 0 radical (unpaired) electrons. The molecule has 2 aromatic carbocycles. The largest absolute Gasteiger partial charge is 0.484 e. The van der Waals surface area contributed by atoms with Crippen molar-refractivity contribution in [3.8, 4) is 11.8 Å². The van der Waals surface area contributed by atoms with Crippen LogP contribution in [0.3, 0.4) is 0 Å². The number of hydrogen-bond donors (Lipinski definition) is 1. The predicted molar refractivity (Wildman–Crippen MR) is 104 cm³/mol. The van der Waals surface area contributed by atoms with Crippen LogP contribution in [0.1, 0.15) is 11.1 Å². The van der Waals surface area contributed by atoms with E-state index in [4.69, 9.17) is 10.00 Å². The number of nitrogens with one attached hydrogen (secondary N) is 1. The van der Waals surface area contributed by atoms with Crippen molar-refractivity contribution in [2.75, 3.05) is 23.6 Å². The molecule has 138 valence electrons. The lowest BCUT2D eigenvalue weighted by Crippen LogP contribution is -2.46. The fourth-order valence-electron chi connectivity index (χ4n) is 2.69. The third kappa shape index (κ3) is 4.80. The topological polar surface area (TPSA) is 82.4 Å². The molecule has 3 rings (SSSR count). The van der Waals surface area contributed by atoms with E-state index in [-0.39, 0.29) is 18.4 Å². The van der Waals surface area contributed by atoms with Crippen LogP contribution in [0.5, 0.6) is 5.75 Å². The average molecular weight is 381 g/mol. The van der Waals surface area contributed by atoms with Gasteiger partial charge in [-0.3, -0.25) is 9.59 Å². The van der Waals surface area contributed by atoms with E-state index < -0.39 is 6.04 Å². The number of nitriles is 1. The average Bonchev–Trinajstić information content (AvgIpc) is 3.17. The summed E-state index contributed by atoms with van der Waals surface area (Å²) in [5, 5.41) is 11.6. The molecule has 1 heterocycles. The maximum atomic E-state index is 12.6. The Balaban J connectivity index is 1.59. The van der Waals surface area contributed by atoms with Crippen molar-refractivity contribution in [2.45, 2.75) is 13.0 Å². The monoisotopic (exact) mass is 381 g/mol. The Morgan fingerprint density at radius 3 is 2.78 bits per heavy atom. The van der Waals surface area contributed by atoms with Gasteiger partial charge in [0.15, 0.2) is 6.61 Å². The molecule has 1 aliphatic heterocycles. The molecule has 1 N–H and O–H groups in total. The lowest BCUT2D eigenvalue weighted by Gasteiger charge is -2.23. The SMILES string of the molecule is Cc1cccc(OCC(=O)N2CSCC2C(=O)Nc2ccc(C#N)cc2)c1. The molecule has 1 fully saturated rings. The van der Waals surface area contributed by atoms with Gasteiger partial charge < -0.3 is 15.0 Å². The normalized spacial score (nSPS) is 15.9. The van der Waals surface area contributed by atoms with E-state index in [1.165, 1.54) is 11.8 Å². The number of nitrogens with zero attached hydrogens (tertiary/aromatic N) is 2. The first-order chi connectivity index (χ1) is 13.1. The number of hydrogen-bond acceptors (Lipinski definition) is 5. The fourth-order valence-corrected chi connectivity index (χ4v) is 3.87. The second-order valence-electron chi connectivity index (χ2n) is 6.16. The summed E-state index contributed by atoms with van der Waals surface area (Å²) in [4.78, 5) is 26.6. The number of carbonyl (C=O) groups is 2. The smallest absolute Gasteiger partial charge is 0.261 e. The van der Waals surface area contributed by atoms with Gasteiger partial charge in [-0.25, -0.2) is 0 Å². The van der Waals surface area contributed by atoms with Crippen LogP contribution in [0.15, 0.2) is 48.5 Å². The molecule has 6 nitrogen and oxygen atoms in total. The van der Waals surface area contributed by atoms with Crippen LogP contribution in [0.4, 0.5) is 5.69 Å². The Labute approximate surface area is 162 Å². The molecule has 1 atom stereocenters. The zero-order valence-corrected chi connectivity index (χ0v) is 15.7. The maximum Gasteiger partial charge on any atom is 0.261 e. The summed E-state index contributed by atoms with van der Waals surface area (Å²) in [6, 6.07) is 15.6. The highest BCUT2D eigenvalue weighted by molar-refractivity contribution is 7.99. The van der Waals surface area contributed by atoms with E-state index in [0.717, 1.165) is 5.56 Å². The molecule has 2 aromatic rings. The van der Waals surface area contributed by atoms with Crippen molar-refractivity contribution in [3.05, 3.63) is 59.7 Å². The predicted octanol–water partition coefficient (Wildman–Crippen LogP) is 2.79. The maximum absolute atomic E-state index is 12.6. The summed E-state index contributed by atoms with van der Waals surface area (Å²) < 4.78 is 5.57. The van der Waals surface area contributed by atoms with Gasteiger partial charge in [0.1, 0.15) is 11.8 Å². The van der Waals surface area contributed by atoms with Crippen molar-refractivity contribution in [1.82, 2.24) is 4.90 Å². The number of benzene rings is 2. The van der Waals surface area contributed by atoms with Crippen LogP contribution in [-0.2, 0) is 9.59 Å². The highest BCUT2D eigenvalue weighted by Crippen LogP contribution is 2.23.